The molecule has 0 aliphatic heterocycles. The van der Waals surface area contributed by atoms with E-state index in [0.717, 1.165) is 5.56 Å². The smallest absolute Gasteiger partial charge is 0.310 e. The van der Waals surface area contributed by atoms with Crippen LogP contribution in [0.25, 0.3) is 0 Å². The fraction of sp³-hybridized carbons (Fsp3) is 0.652. The molecule has 29 heavy (non-hydrogen) atoms. The Balaban J connectivity index is 1.31. The molecular weight excluding hydrogens is 372 g/mol. The first-order chi connectivity index (χ1) is 14.1. The third-order valence-electron chi connectivity index (χ3n) is 8.80. The molecule has 7 aliphatic carbocycles. The first-order valence-electron chi connectivity index (χ1n) is 10.5. The van der Waals surface area contributed by atoms with Gasteiger partial charge >= 0.3 is 11.9 Å². The van der Waals surface area contributed by atoms with Gasteiger partial charge in [-0.15, -0.1) is 0 Å². The first-order valence-corrected chi connectivity index (χ1v) is 10.5. The number of methoxy groups -OCH3 is 3. The molecule has 154 valence electrons. The van der Waals surface area contributed by atoms with Crippen molar-refractivity contribution in [2.75, 3.05) is 21.3 Å². The minimum absolute atomic E-state index is 0.177. The van der Waals surface area contributed by atoms with E-state index in [-0.39, 0.29) is 42.2 Å². The van der Waals surface area contributed by atoms with Gasteiger partial charge < -0.3 is 18.9 Å². The van der Waals surface area contributed by atoms with Crippen LogP contribution in [0.15, 0.2) is 30.3 Å². The lowest BCUT2D eigenvalue weighted by molar-refractivity contribution is -0.255. The van der Waals surface area contributed by atoms with Crippen LogP contribution in [-0.4, -0.2) is 39.1 Å². The number of esters is 2. The highest BCUT2D eigenvalue weighted by atomic mass is 16.7. The third-order valence-corrected chi connectivity index (χ3v) is 8.80. The van der Waals surface area contributed by atoms with Crippen LogP contribution in [0.3, 0.4) is 0 Å². The van der Waals surface area contributed by atoms with Crippen molar-refractivity contribution >= 4 is 11.9 Å². The fourth-order valence-corrected chi connectivity index (χ4v) is 8.14. The van der Waals surface area contributed by atoms with Gasteiger partial charge in [0.1, 0.15) is 6.61 Å². The van der Waals surface area contributed by atoms with Crippen molar-refractivity contribution in [2.24, 2.45) is 59.2 Å². The zero-order valence-corrected chi connectivity index (χ0v) is 16.8. The minimum Gasteiger partial charge on any atom is -0.469 e. The van der Waals surface area contributed by atoms with Gasteiger partial charge in [-0.05, 0) is 41.1 Å². The molecule has 1 aromatic rings. The second-order valence-electron chi connectivity index (χ2n) is 9.31. The number of ether oxygens (including phenoxy) is 4. The predicted molar refractivity (Wildman–Crippen MR) is 99.9 cm³/mol. The quantitative estimate of drug-likeness (QED) is 0.540. The maximum Gasteiger partial charge on any atom is 0.310 e. The average molecular weight is 398 g/mol. The Kier molecular flexibility index (Phi) is 3.59. The van der Waals surface area contributed by atoms with Gasteiger partial charge in [-0.2, -0.15) is 0 Å². The van der Waals surface area contributed by atoms with Gasteiger partial charge in [-0.3, -0.25) is 9.59 Å². The van der Waals surface area contributed by atoms with Crippen LogP contribution < -0.4 is 0 Å². The lowest BCUT2D eigenvalue weighted by Gasteiger charge is -2.44. The molecule has 0 amide bonds. The zero-order valence-electron chi connectivity index (χ0n) is 16.8. The molecule has 8 bridgehead atoms. The largest absolute Gasteiger partial charge is 0.469 e. The summed E-state index contributed by atoms with van der Waals surface area (Å²) in [6, 6.07) is 9.66. The van der Waals surface area contributed by atoms with Crippen molar-refractivity contribution in [3.63, 3.8) is 0 Å². The zero-order chi connectivity index (χ0) is 20.1. The van der Waals surface area contributed by atoms with E-state index in [0.29, 0.717) is 23.7 Å². The Morgan fingerprint density at radius 2 is 1.31 bits per heavy atom. The number of benzene rings is 1. The summed E-state index contributed by atoms with van der Waals surface area (Å²) in [6.07, 6.45) is 0. The highest BCUT2D eigenvalue weighted by molar-refractivity contribution is 5.84. The van der Waals surface area contributed by atoms with Crippen molar-refractivity contribution < 1.29 is 28.5 Å². The van der Waals surface area contributed by atoms with Gasteiger partial charge in [0.2, 0.25) is 0 Å². The summed E-state index contributed by atoms with van der Waals surface area (Å²) < 4.78 is 22.7. The highest BCUT2D eigenvalue weighted by Gasteiger charge is 2.93. The van der Waals surface area contributed by atoms with Crippen LogP contribution in [0.5, 0.6) is 0 Å². The van der Waals surface area contributed by atoms with Crippen LogP contribution in [0.2, 0.25) is 0 Å². The van der Waals surface area contributed by atoms with Gasteiger partial charge in [0.25, 0.3) is 0 Å². The molecule has 0 saturated heterocycles. The van der Waals surface area contributed by atoms with E-state index in [2.05, 4.69) is 0 Å². The van der Waals surface area contributed by atoms with Crippen LogP contribution >= 0.6 is 0 Å². The van der Waals surface area contributed by atoms with E-state index < -0.39 is 17.6 Å². The van der Waals surface area contributed by atoms with Crippen LogP contribution in [0.1, 0.15) is 5.56 Å². The third kappa shape index (κ3) is 1.99. The van der Waals surface area contributed by atoms with Gasteiger partial charge in [-0.25, -0.2) is 0 Å². The molecule has 0 aromatic heterocycles. The molecule has 0 radical (unpaired) electrons. The van der Waals surface area contributed by atoms with Crippen molar-refractivity contribution in [1.29, 1.82) is 0 Å². The molecule has 1 aromatic carbocycles. The summed E-state index contributed by atoms with van der Waals surface area (Å²) in [4.78, 5) is 26.1. The monoisotopic (exact) mass is 398 g/mol. The Morgan fingerprint density at radius 1 is 0.793 bits per heavy atom. The van der Waals surface area contributed by atoms with Crippen molar-refractivity contribution in [2.45, 2.75) is 12.4 Å². The van der Waals surface area contributed by atoms with Crippen molar-refractivity contribution in [1.82, 2.24) is 0 Å². The molecule has 0 N–H and O–H groups in total. The number of hydrogen-bond acceptors (Lipinski definition) is 6. The van der Waals surface area contributed by atoms with Gasteiger partial charge in [0, 0.05) is 26.1 Å². The van der Waals surface area contributed by atoms with Gasteiger partial charge in [0.15, 0.2) is 5.79 Å². The summed E-state index contributed by atoms with van der Waals surface area (Å²) in [7, 11) is 4.87. The molecule has 7 fully saturated rings. The van der Waals surface area contributed by atoms with Crippen molar-refractivity contribution in [3.05, 3.63) is 35.9 Å². The predicted octanol–water partition coefficient (Wildman–Crippen LogP) is 2.12. The van der Waals surface area contributed by atoms with E-state index in [9.17, 15) is 9.59 Å². The molecule has 7 saturated carbocycles. The van der Waals surface area contributed by atoms with Crippen molar-refractivity contribution in [3.8, 4) is 0 Å². The average Bonchev–Trinajstić information content (AvgIpc) is 3.68. The number of hydrogen-bond donors (Lipinski definition) is 0. The summed E-state index contributed by atoms with van der Waals surface area (Å²) in [5.41, 5.74) is 0.950. The van der Waals surface area contributed by atoms with Crippen LogP contribution in [-0.2, 0) is 35.1 Å². The first kappa shape index (κ1) is 17.9. The second-order valence-corrected chi connectivity index (χ2v) is 9.31. The van der Waals surface area contributed by atoms with Gasteiger partial charge in [0.05, 0.1) is 18.9 Å². The molecule has 8 rings (SSSR count). The Hall–Kier alpha value is -1.92. The maximum atomic E-state index is 13.2. The lowest BCUT2D eigenvalue weighted by atomic mass is 9.58. The molecule has 6 unspecified atom stereocenters. The van der Waals surface area contributed by atoms with E-state index in [1.165, 1.54) is 7.11 Å². The van der Waals surface area contributed by atoms with E-state index in [1.807, 2.05) is 30.3 Å². The standard InChI is InChI=1S/C23H26O6/c1-26-21(24)17-11-13-15-12(16-14(11)20(16)23(27-2,28-3)19(13)15)18(17)22(25)29-9-10-7-5-4-6-8-10/h4-8,11-20H,9H2,1-3H3/t11?,12?,13?,14?,15?,16?,17-,18+,19?,20?/m1/s1. The Bertz CT molecular complexity index is 837. The Morgan fingerprint density at radius 3 is 1.79 bits per heavy atom. The minimum atomic E-state index is -0.541. The summed E-state index contributed by atoms with van der Waals surface area (Å²) >= 11 is 0. The summed E-state index contributed by atoms with van der Waals surface area (Å²) in [6.45, 7) is 0.233. The molecule has 6 nitrogen and oxygen atoms in total. The van der Waals surface area contributed by atoms with E-state index >= 15 is 0 Å². The number of fused-ring (bicyclic) bond motifs is 1. The van der Waals surface area contributed by atoms with Crippen LogP contribution in [0, 0.1) is 59.2 Å². The van der Waals surface area contributed by atoms with Gasteiger partial charge in [-0.1, -0.05) is 30.3 Å². The Labute approximate surface area is 169 Å². The molecule has 6 heteroatoms. The maximum absolute atomic E-state index is 13.2. The molecule has 0 spiro atoms. The summed E-state index contributed by atoms with van der Waals surface area (Å²) in [5, 5.41) is 0. The van der Waals surface area contributed by atoms with E-state index in [4.69, 9.17) is 18.9 Å². The molecule has 8 atom stereocenters. The number of rotatable bonds is 6. The lowest BCUT2D eigenvalue weighted by Crippen LogP contribution is -2.51. The normalized spacial score (nSPS) is 46.0. The molecule has 0 heterocycles. The second kappa shape index (κ2) is 5.82. The topological polar surface area (TPSA) is 71.1 Å². The fourth-order valence-electron chi connectivity index (χ4n) is 8.14. The van der Waals surface area contributed by atoms with Crippen LogP contribution in [0.4, 0.5) is 0 Å². The highest BCUT2D eigenvalue weighted by Crippen LogP contribution is 2.90. The molecular formula is C23H26O6. The SMILES string of the molecule is COC(=O)[C@@H]1C2C3C4C(C5C2C5C(OC)(OC)C34)[C@@H]1C(=O)OCc1ccccc1. The molecule has 7 aliphatic rings. The summed E-state index contributed by atoms with van der Waals surface area (Å²) in [5.74, 6) is 0.569. The van der Waals surface area contributed by atoms with E-state index in [1.54, 1.807) is 14.2 Å². The number of carbonyl (C=O) groups excluding carboxylic acids is 2. The number of carbonyl (C=O) groups is 2.